The molecule has 0 radical (unpaired) electrons. The van der Waals surface area contributed by atoms with Crippen LogP contribution >= 0.6 is 0 Å². The van der Waals surface area contributed by atoms with Gasteiger partial charge in [-0.25, -0.2) is 19.2 Å². The molecule has 0 unspecified atom stereocenters. The molecule has 12 heteroatoms. The zero-order chi connectivity index (χ0) is 19.9. The number of amides is 4. The van der Waals surface area contributed by atoms with Crippen LogP contribution in [0.1, 0.15) is 25.7 Å². The minimum atomic E-state index is -1.35. The summed E-state index contributed by atoms with van der Waals surface area (Å²) in [5.41, 5.74) is 0. The van der Waals surface area contributed by atoms with Crippen molar-refractivity contribution in [2.45, 2.75) is 37.8 Å². The van der Waals surface area contributed by atoms with Crippen LogP contribution in [0.15, 0.2) is 0 Å². The highest BCUT2D eigenvalue weighted by atomic mass is 16.4. The molecule has 0 spiro atoms. The first-order chi connectivity index (χ1) is 12.3. The topological polar surface area (TPSA) is 197 Å². The molecule has 0 aliphatic carbocycles. The number of unbranched alkanes of at least 4 members (excludes halogenated alkanes) is 3. The molecule has 0 aromatic carbocycles. The monoisotopic (exact) mass is 378 g/mol. The smallest absolute Gasteiger partial charge is 0.328 e. The normalized spacial score (nSPS) is 12.5. The molecule has 150 valence electrons. The molecule has 26 heavy (non-hydrogen) atoms. The summed E-state index contributed by atoms with van der Waals surface area (Å²) in [6.07, 6.45) is 2.78. The summed E-state index contributed by atoms with van der Waals surface area (Å²) in [7, 11) is 0. The number of aliphatic carboxylic acids is 2. The van der Waals surface area contributed by atoms with E-state index in [4.69, 9.17) is 20.4 Å². The van der Waals surface area contributed by atoms with Crippen LogP contribution in [-0.4, -0.2) is 82.8 Å². The summed E-state index contributed by atoms with van der Waals surface area (Å²) >= 11 is 0. The molecular weight excluding hydrogens is 352 g/mol. The van der Waals surface area contributed by atoms with Crippen molar-refractivity contribution in [3.05, 3.63) is 0 Å². The van der Waals surface area contributed by atoms with Gasteiger partial charge in [0.05, 0.1) is 13.2 Å². The Morgan fingerprint density at radius 3 is 1.27 bits per heavy atom. The molecule has 0 aromatic rings. The molecule has 0 bridgehead atoms. The van der Waals surface area contributed by atoms with E-state index in [9.17, 15) is 19.2 Å². The lowest BCUT2D eigenvalue weighted by molar-refractivity contribution is -0.141. The van der Waals surface area contributed by atoms with Crippen molar-refractivity contribution in [2.24, 2.45) is 0 Å². The minimum absolute atomic E-state index is 0.328. The summed E-state index contributed by atoms with van der Waals surface area (Å²) in [4.78, 5) is 44.0. The number of aliphatic hydroxyl groups excluding tert-OH is 2. The van der Waals surface area contributed by atoms with Crippen molar-refractivity contribution < 1.29 is 39.6 Å². The van der Waals surface area contributed by atoms with Crippen molar-refractivity contribution in [1.82, 2.24) is 21.3 Å². The van der Waals surface area contributed by atoms with E-state index >= 15 is 0 Å². The van der Waals surface area contributed by atoms with Crippen LogP contribution in [0.3, 0.4) is 0 Å². The Hall–Kier alpha value is -2.60. The highest BCUT2D eigenvalue weighted by Crippen LogP contribution is 1.98. The van der Waals surface area contributed by atoms with E-state index in [0.717, 1.165) is 12.8 Å². The Balaban J connectivity index is 3.64. The molecular formula is C14H26N4O8. The first kappa shape index (κ1) is 23.4. The number of carbonyl (C=O) groups is 4. The molecule has 0 rings (SSSR count). The standard InChI is InChI=1S/C14H26N4O8/c19-7-9(11(21)22)17-13(25)15-5-3-1-2-4-6-16-14(26)18-10(8-20)12(23)24/h9-10,19-20H,1-8H2,(H,21,22)(H,23,24)(H2,15,17,25)(H2,16,18,26)/t9-,10-/m1/s1. The quantitative estimate of drug-likeness (QED) is 0.169. The molecule has 0 saturated carbocycles. The fourth-order valence-electron chi connectivity index (χ4n) is 1.80. The number of hydrogen-bond acceptors (Lipinski definition) is 6. The average Bonchev–Trinajstić information content (AvgIpc) is 2.59. The Morgan fingerprint density at radius 2 is 1.00 bits per heavy atom. The fourth-order valence-corrected chi connectivity index (χ4v) is 1.80. The Labute approximate surface area is 150 Å². The van der Waals surface area contributed by atoms with Gasteiger partial charge < -0.3 is 41.7 Å². The van der Waals surface area contributed by atoms with E-state index in [-0.39, 0.29) is 0 Å². The van der Waals surface area contributed by atoms with E-state index in [1.54, 1.807) is 0 Å². The SMILES string of the molecule is O=C(NCCCCCCNC(=O)N[C@H](CO)C(=O)O)N[C@H](CO)C(=O)O. The lowest BCUT2D eigenvalue weighted by atomic mass is 10.2. The second kappa shape index (κ2) is 13.7. The van der Waals surface area contributed by atoms with Gasteiger partial charge in [0.2, 0.25) is 0 Å². The number of carbonyl (C=O) groups excluding carboxylic acids is 2. The lowest BCUT2D eigenvalue weighted by Gasteiger charge is -2.13. The van der Waals surface area contributed by atoms with Crippen molar-refractivity contribution in [3.8, 4) is 0 Å². The maximum absolute atomic E-state index is 11.4. The van der Waals surface area contributed by atoms with Crippen molar-refractivity contribution >= 4 is 24.0 Å². The lowest BCUT2D eigenvalue weighted by Crippen LogP contribution is -2.48. The summed E-state index contributed by atoms with van der Waals surface area (Å²) < 4.78 is 0. The third kappa shape index (κ3) is 11.0. The molecule has 8 N–H and O–H groups in total. The van der Waals surface area contributed by atoms with Crippen molar-refractivity contribution in [1.29, 1.82) is 0 Å². The Kier molecular flexibility index (Phi) is 12.3. The molecule has 4 amide bonds. The van der Waals surface area contributed by atoms with Crippen LogP contribution in [0.4, 0.5) is 9.59 Å². The van der Waals surface area contributed by atoms with Gasteiger partial charge in [0.15, 0.2) is 12.1 Å². The number of carboxylic acids is 2. The first-order valence-electron chi connectivity index (χ1n) is 8.07. The van der Waals surface area contributed by atoms with Gasteiger partial charge in [-0.2, -0.15) is 0 Å². The van der Waals surface area contributed by atoms with Gasteiger partial charge in [-0.05, 0) is 12.8 Å². The summed E-state index contributed by atoms with van der Waals surface area (Å²) in [6, 6.07) is -4.05. The van der Waals surface area contributed by atoms with E-state index in [1.165, 1.54) is 0 Å². The van der Waals surface area contributed by atoms with Crippen LogP contribution in [0.25, 0.3) is 0 Å². The van der Waals surface area contributed by atoms with Crippen LogP contribution < -0.4 is 21.3 Å². The third-order valence-corrected chi connectivity index (χ3v) is 3.25. The molecule has 12 nitrogen and oxygen atoms in total. The van der Waals surface area contributed by atoms with Crippen LogP contribution in [0, 0.1) is 0 Å². The van der Waals surface area contributed by atoms with Gasteiger partial charge in [0.1, 0.15) is 0 Å². The summed E-state index contributed by atoms with van der Waals surface area (Å²) in [5.74, 6) is -2.65. The molecule has 0 aliphatic rings. The fraction of sp³-hybridized carbons (Fsp3) is 0.714. The van der Waals surface area contributed by atoms with Crippen LogP contribution in [-0.2, 0) is 9.59 Å². The van der Waals surface area contributed by atoms with Gasteiger partial charge in [-0.3, -0.25) is 0 Å². The zero-order valence-electron chi connectivity index (χ0n) is 14.2. The highest BCUT2D eigenvalue weighted by Gasteiger charge is 2.18. The molecule has 0 fully saturated rings. The molecule has 0 aromatic heterocycles. The largest absolute Gasteiger partial charge is 0.480 e. The maximum Gasteiger partial charge on any atom is 0.328 e. The maximum atomic E-state index is 11.4. The van der Waals surface area contributed by atoms with Gasteiger partial charge in [-0.1, -0.05) is 12.8 Å². The number of rotatable bonds is 13. The van der Waals surface area contributed by atoms with Crippen molar-refractivity contribution in [2.75, 3.05) is 26.3 Å². The molecule has 0 heterocycles. The van der Waals surface area contributed by atoms with E-state index in [2.05, 4.69) is 21.3 Å². The molecule has 2 atom stereocenters. The van der Waals surface area contributed by atoms with Crippen LogP contribution in [0.5, 0.6) is 0 Å². The van der Waals surface area contributed by atoms with Gasteiger partial charge in [-0.15, -0.1) is 0 Å². The van der Waals surface area contributed by atoms with Crippen molar-refractivity contribution in [3.63, 3.8) is 0 Å². The Bertz CT molecular complexity index is 432. The number of carboxylic acid groups (broad SMARTS) is 2. The van der Waals surface area contributed by atoms with E-state index in [0.29, 0.717) is 25.9 Å². The van der Waals surface area contributed by atoms with E-state index in [1.807, 2.05) is 0 Å². The van der Waals surface area contributed by atoms with Gasteiger partial charge in [0, 0.05) is 13.1 Å². The minimum Gasteiger partial charge on any atom is -0.480 e. The number of aliphatic hydroxyl groups is 2. The Morgan fingerprint density at radius 1 is 0.654 bits per heavy atom. The second-order valence-electron chi connectivity index (χ2n) is 5.36. The number of urea groups is 2. The first-order valence-corrected chi connectivity index (χ1v) is 8.07. The summed E-state index contributed by atoms with van der Waals surface area (Å²) in [6.45, 7) is -0.744. The third-order valence-electron chi connectivity index (χ3n) is 3.25. The van der Waals surface area contributed by atoms with Gasteiger partial charge in [0.25, 0.3) is 0 Å². The predicted octanol–water partition coefficient (Wildman–Crippen LogP) is -1.96. The van der Waals surface area contributed by atoms with Gasteiger partial charge >= 0.3 is 24.0 Å². The highest BCUT2D eigenvalue weighted by molar-refractivity contribution is 5.83. The summed E-state index contributed by atoms with van der Waals surface area (Å²) in [5, 5.41) is 44.0. The predicted molar refractivity (Wildman–Crippen MR) is 88.6 cm³/mol. The van der Waals surface area contributed by atoms with Crippen LogP contribution in [0.2, 0.25) is 0 Å². The number of hydrogen-bond donors (Lipinski definition) is 8. The average molecular weight is 378 g/mol. The molecule has 0 saturated heterocycles. The zero-order valence-corrected chi connectivity index (χ0v) is 14.2. The van der Waals surface area contributed by atoms with E-state index < -0.39 is 49.3 Å². The molecule has 0 aliphatic heterocycles. The number of nitrogens with one attached hydrogen (secondary N) is 4. The second-order valence-corrected chi connectivity index (χ2v) is 5.36.